The SMILES string of the molecule is CCOC(=O)c1c(NC(C)=O)sc2c1CC[C@H](Sc1ccccc1)/C2=N\O. The maximum atomic E-state index is 12.5. The summed E-state index contributed by atoms with van der Waals surface area (Å²) in [6.45, 7) is 3.38. The predicted molar refractivity (Wildman–Crippen MR) is 107 cm³/mol. The molecule has 8 heteroatoms. The quantitative estimate of drug-likeness (QED) is 0.444. The first-order chi connectivity index (χ1) is 13.0. The van der Waals surface area contributed by atoms with Gasteiger partial charge in [-0.15, -0.1) is 23.1 Å². The molecule has 2 N–H and O–H groups in total. The van der Waals surface area contributed by atoms with Crippen LogP contribution in [0.15, 0.2) is 40.4 Å². The highest BCUT2D eigenvalue weighted by molar-refractivity contribution is 8.00. The van der Waals surface area contributed by atoms with Crippen LogP contribution in [0, 0.1) is 0 Å². The van der Waals surface area contributed by atoms with Gasteiger partial charge < -0.3 is 15.3 Å². The number of hydrogen-bond acceptors (Lipinski definition) is 7. The van der Waals surface area contributed by atoms with Crippen LogP contribution in [0.5, 0.6) is 0 Å². The van der Waals surface area contributed by atoms with Gasteiger partial charge in [0.1, 0.15) is 10.7 Å². The lowest BCUT2D eigenvalue weighted by molar-refractivity contribution is -0.114. The summed E-state index contributed by atoms with van der Waals surface area (Å²) in [5.74, 6) is -0.734. The molecule has 1 amide bonds. The van der Waals surface area contributed by atoms with Crippen molar-refractivity contribution in [3.05, 3.63) is 46.3 Å². The first-order valence-corrected chi connectivity index (χ1v) is 10.3. The van der Waals surface area contributed by atoms with E-state index < -0.39 is 5.97 Å². The van der Waals surface area contributed by atoms with Gasteiger partial charge in [0, 0.05) is 11.8 Å². The summed E-state index contributed by atoms with van der Waals surface area (Å²) in [4.78, 5) is 25.9. The second-order valence-corrected chi connectivity index (χ2v) is 8.26. The van der Waals surface area contributed by atoms with Crippen molar-refractivity contribution in [3.63, 3.8) is 0 Å². The number of rotatable bonds is 5. The lowest BCUT2D eigenvalue weighted by Crippen LogP contribution is -2.25. The molecule has 6 nitrogen and oxygen atoms in total. The molecule has 1 heterocycles. The number of amides is 1. The molecule has 0 saturated carbocycles. The molecule has 0 aliphatic heterocycles. The van der Waals surface area contributed by atoms with Crippen LogP contribution in [0.2, 0.25) is 0 Å². The van der Waals surface area contributed by atoms with Crippen LogP contribution >= 0.6 is 23.1 Å². The minimum absolute atomic E-state index is 0.0382. The summed E-state index contributed by atoms with van der Waals surface area (Å²) in [6.07, 6.45) is 1.36. The van der Waals surface area contributed by atoms with Gasteiger partial charge in [0.25, 0.3) is 0 Å². The molecular weight excluding hydrogens is 384 g/mol. The Kier molecular flexibility index (Phi) is 6.18. The number of nitrogens with zero attached hydrogens (tertiary/aromatic N) is 1. The smallest absolute Gasteiger partial charge is 0.341 e. The number of nitrogens with one attached hydrogen (secondary N) is 1. The molecular formula is C19H20N2O4S2. The highest BCUT2D eigenvalue weighted by atomic mass is 32.2. The van der Waals surface area contributed by atoms with E-state index in [4.69, 9.17) is 4.74 Å². The zero-order chi connectivity index (χ0) is 19.4. The average Bonchev–Trinajstić information content (AvgIpc) is 3.00. The van der Waals surface area contributed by atoms with Gasteiger partial charge in [0.15, 0.2) is 0 Å². The molecule has 27 heavy (non-hydrogen) atoms. The van der Waals surface area contributed by atoms with Gasteiger partial charge >= 0.3 is 5.97 Å². The molecule has 0 unspecified atom stereocenters. The monoisotopic (exact) mass is 404 g/mol. The number of benzene rings is 1. The van der Waals surface area contributed by atoms with E-state index in [0.29, 0.717) is 29.1 Å². The van der Waals surface area contributed by atoms with E-state index in [0.717, 1.165) is 15.3 Å². The van der Waals surface area contributed by atoms with E-state index >= 15 is 0 Å². The number of fused-ring (bicyclic) bond motifs is 1. The van der Waals surface area contributed by atoms with Gasteiger partial charge in [-0.05, 0) is 37.5 Å². The number of oxime groups is 1. The number of ether oxygens (including phenoxy) is 1. The fraction of sp³-hybridized carbons (Fsp3) is 0.316. The number of carbonyl (C=O) groups is 2. The Morgan fingerprint density at radius 3 is 2.74 bits per heavy atom. The van der Waals surface area contributed by atoms with Gasteiger partial charge in [-0.3, -0.25) is 4.79 Å². The van der Waals surface area contributed by atoms with E-state index in [1.54, 1.807) is 18.7 Å². The van der Waals surface area contributed by atoms with Gasteiger partial charge in [0.05, 0.1) is 22.3 Å². The molecule has 1 aliphatic carbocycles. The minimum Gasteiger partial charge on any atom is -0.462 e. The predicted octanol–water partition coefficient (Wildman–Crippen LogP) is 4.17. The van der Waals surface area contributed by atoms with Crippen molar-refractivity contribution in [1.29, 1.82) is 0 Å². The Balaban J connectivity index is 1.99. The van der Waals surface area contributed by atoms with Crippen molar-refractivity contribution in [1.82, 2.24) is 0 Å². The summed E-state index contributed by atoms with van der Waals surface area (Å²) in [5.41, 5.74) is 1.67. The van der Waals surface area contributed by atoms with E-state index in [-0.39, 0.29) is 17.8 Å². The molecule has 0 fully saturated rings. The lowest BCUT2D eigenvalue weighted by atomic mass is 9.93. The third-order valence-electron chi connectivity index (χ3n) is 4.10. The Morgan fingerprint density at radius 2 is 2.11 bits per heavy atom. The third-order valence-corrected chi connectivity index (χ3v) is 6.56. The molecule has 1 atom stereocenters. The van der Waals surface area contributed by atoms with Crippen molar-refractivity contribution in [2.45, 2.75) is 36.8 Å². The molecule has 0 radical (unpaired) electrons. The number of carbonyl (C=O) groups excluding carboxylic acids is 2. The molecule has 0 spiro atoms. The van der Waals surface area contributed by atoms with Gasteiger partial charge in [-0.2, -0.15) is 0 Å². The normalized spacial score (nSPS) is 17.4. The van der Waals surface area contributed by atoms with Crippen LogP contribution in [-0.2, 0) is 16.0 Å². The fourth-order valence-electron chi connectivity index (χ4n) is 3.02. The Morgan fingerprint density at radius 1 is 1.37 bits per heavy atom. The van der Waals surface area contributed by atoms with Crippen LogP contribution < -0.4 is 5.32 Å². The molecule has 0 saturated heterocycles. The standard InChI is InChI=1S/C19H20N2O4S2/c1-3-25-19(23)15-13-9-10-14(26-12-7-5-4-6-8-12)16(21-24)17(13)27-18(15)20-11(2)22/h4-8,14,24H,3,9-10H2,1-2H3,(H,20,22)/b21-16+/t14-/m0/s1. The van der Waals surface area contributed by atoms with Crippen molar-refractivity contribution >= 4 is 45.7 Å². The zero-order valence-electron chi connectivity index (χ0n) is 15.0. The van der Waals surface area contributed by atoms with Gasteiger partial charge in [0.2, 0.25) is 5.91 Å². The average molecular weight is 405 g/mol. The molecule has 142 valence electrons. The summed E-state index contributed by atoms with van der Waals surface area (Å²) in [7, 11) is 0. The summed E-state index contributed by atoms with van der Waals surface area (Å²) < 4.78 is 5.17. The van der Waals surface area contributed by atoms with E-state index in [1.807, 2.05) is 30.3 Å². The lowest BCUT2D eigenvalue weighted by Gasteiger charge is -2.23. The number of anilines is 1. The van der Waals surface area contributed by atoms with Crippen LogP contribution in [0.1, 0.15) is 41.1 Å². The van der Waals surface area contributed by atoms with Crippen molar-refractivity contribution < 1.29 is 19.5 Å². The summed E-state index contributed by atoms with van der Waals surface area (Å²) >= 11 is 2.88. The molecule has 1 aliphatic rings. The van der Waals surface area contributed by atoms with Crippen molar-refractivity contribution in [2.75, 3.05) is 11.9 Å². The van der Waals surface area contributed by atoms with E-state index in [2.05, 4.69) is 10.5 Å². The Labute approximate surface area is 165 Å². The summed E-state index contributed by atoms with van der Waals surface area (Å²) in [6, 6.07) is 9.90. The number of esters is 1. The van der Waals surface area contributed by atoms with Gasteiger partial charge in [-0.1, -0.05) is 23.4 Å². The van der Waals surface area contributed by atoms with Crippen molar-refractivity contribution in [2.24, 2.45) is 5.16 Å². The number of hydrogen-bond donors (Lipinski definition) is 2. The Bertz CT molecular complexity index is 877. The maximum Gasteiger partial charge on any atom is 0.341 e. The Hall–Kier alpha value is -2.32. The van der Waals surface area contributed by atoms with Crippen LogP contribution in [-0.4, -0.2) is 34.7 Å². The number of thioether (sulfide) groups is 1. The molecule has 0 bridgehead atoms. The molecule has 1 aromatic heterocycles. The van der Waals surface area contributed by atoms with Crippen LogP contribution in [0.25, 0.3) is 0 Å². The summed E-state index contributed by atoms with van der Waals surface area (Å²) in [5, 5.41) is 16.4. The zero-order valence-corrected chi connectivity index (χ0v) is 16.7. The van der Waals surface area contributed by atoms with Crippen LogP contribution in [0.3, 0.4) is 0 Å². The van der Waals surface area contributed by atoms with Gasteiger partial charge in [-0.25, -0.2) is 4.79 Å². The second kappa shape index (κ2) is 8.58. The fourth-order valence-corrected chi connectivity index (χ4v) is 5.58. The highest BCUT2D eigenvalue weighted by Crippen LogP contribution is 2.42. The van der Waals surface area contributed by atoms with E-state index in [1.165, 1.54) is 18.3 Å². The maximum absolute atomic E-state index is 12.5. The molecule has 2 aromatic rings. The molecule has 3 rings (SSSR count). The first kappa shape index (κ1) is 19.4. The van der Waals surface area contributed by atoms with Crippen LogP contribution in [0.4, 0.5) is 5.00 Å². The minimum atomic E-state index is -0.467. The second-order valence-electron chi connectivity index (χ2n) is 5.96. The highest BCUT2D eigenvalue weighted by Gasteiger charge is 2.35. The topological polar surface area (TPSA) is 88.0 Å². The van der Waals surface area contributed by atoms with E-state index in [9.17, 15) is 14.8 Å². The number of thiophene rings is 1. The largest absolute Gasteiger partial charge is 0.462 e. The third kappa shape index (κ3) is 4.17. The first-order valence-electron chi connectivity index (χ1n) is 8.59. The van der Waals surface area contributed by atoms with Crippen molar-refractivity contribution in [3.8, 4) is 0 Å². The molecule has 1 aromatic carbocycles.